The Hall–Kier alpha value is -1.64. The van der Waals surface area contributed by atoms with Gasteiger partial charge < -0.3 is 8.97 Å². The number of unbranched alkanes of at least 4 members (excludes halogenated alkanes) is 33. The fraction of sp³-hybridized carbons (Fsp3) is 0.806. The molecule has 2 nitrogen and oxygen atoms in total. The van der Waals surface area contributed by atoms with Crippen molar-refractivity contribution in [3.8, 4) is 0 Å². The van der Waals surface area contributed by atoms with E-state index in [4.69, 9.17) is 0 Å². The molecule has 0 amide bonds. The van der Waals surface area contributed by atoms with Gasteiger partial charge in [0.15, 0.2) is 0 Å². The molecule has 2 aromatic carbocycles. The van der Waals surface area contributed by atoms with Crippen molar-refractivity contribution in [3.05, 3.63) is 71.8 Å². The lowest BCUT2D eigenvalue weighted by molar-refractivity contribution is -0.910. The standard InChI is InChI=1S/C62H114N2/c1-5-7-9-11-13-15-17-21-29-43-55-63(3,57-45-31-23-19-27-37-49-61-51-39-35-40-52-61)59-47-33-25-26-34-48-60-64(4,56-44-30-22-18-16-14-12-10-8-6-2)58-46-32-24-20-28-38-50-62-53-41-36-42-54-62/h35-36,39-42,51-54H,5-34,37-38,43-50,55-60H2,1-4H3/q+2. The predicted molar refractivity (Wildman–Crippen MR) is 289 cm³/mol. The van der Waals surface area contributed by atoms with Gasteiger partial charge in [-0.15, -0.1) is 0 Å². The Balaban J connectivity index is 1.69. The molecule has 2 aromatic rings. The zero-order valence-corrected chi connectivity index (χ0v) is 44.2. The van der Waals surface area contributed by atoms with Crippen LogP contribution < -0.4 is 0 Å². The molecule has 0 bridgehead atoms. The molecule has 2 unspecified atom stereocenters. The molecule has 0 N–H and O–H groups in total. The van der Waals surface area contributed by atoms with E-state index in [1.54, 1.807) is 0 Å². The molecule has 2 rings (SSSR count). The molecule has 0 aliphatic carbocycles. The van der Waals surface area contributed by atoms with Crippen LogP contribution in [-0.4, -0.2) is 62.3 Å². The minimum absolute atomic E-state index is 1.25. The maximum absolute atomic E-state index is 2.63. The lowest BCUT2D eigenvalue weighted by Crippen LogP contribution is -2.46. The molecule has 0 aliphatic heterocycles. The summed E-state index contributed by atoms with van der Waals surface area (Å²) in [4.78, 5) is 0. The first-order valence-electron chi connectivity index (χ1n) is 29.2. The second-order valence-electron chi connectivity index (χ2n) is 21.8. The maximum atomic E-state index is 2.63. The number of quaternary nitrogens is 2. The number of hydrogen-bond acceptors (Lipinski definition) is 0. The predicted octanol–water partition coefficient (Wildman–Crippen LogP) is 19.2. The van der Waals surface area contributed by atoms with Crippen molar-refractivity contribution >= 4 is 0 Å². The molecular weight excluding hydrogens is 773 g/mol. The highest BCUT2D eigenvalue weighted by Gasteiger charge is 2.22. The molecule has 0 heterocycles. The summed E-state index contributed by atoms with van der Waals surface area (Å²) in [6, 6.07) is 22.2. The highest BCUT2D eigenvalue weighted by Crippen LogP contribution is 2.20. The number of hydrogen-bond donors (Lipinski definition) is 0. The molecule has 0 spiro atoms. The van der Waals surface area contributed by atoms with Crippen molar-refractivity contribution in [3.63, 3.8) is 0 Å². The number of benzene rings is 2. The monoisotopic (exact) mass is 887 g/mol. The number of aryl methyl sites for hydroxylation is 2. The quantitative estimate of drug-likeness (QED) is 0.0459. The summed E-state index contributed by atoms with van der Waals surface area (Å²) in [6.45, 7) is 13.1. The highest BCUT2D eigenvalue weighted by molar-refractivity contribution is 5.15. The summed E-state index contributed by atoms with van der Waals surface area (Å²) >= 11 is 0. The van der Waals surface area contributed by atoms with Crippen molar-refractivity contribution < 1.29 is 8.97 Å². The van der Waals surface area contributed by atoms with E-state index in [9.17, 15) is 0 Å². The van der Waals surface area contributed by atoms with Crippen molar-refractivity contribution in [2.45, 2.75) is 271 Å². The van der Waals surface area contributed by atoms with E-state index in [0.29, 0.717) is 0 Å². The maximum Gasteiger partial charge on any atom is 0.0784 e. The summed E-state index contributed by atoms with van der Waals surface area (Å²) in [5.41, 5.74) is 3.02. The van der Waals surface area contributed by atoms with Gasteiger partial charge in [0.1, 0.15) is 0 Å². The molecule has 2 heteroatoms. The van der Waals surface area contributed by atoms with E-state index < -0.39 is 0 Å². The average Bonchev–Trinajstić information content (AvgIpc) is 3.31. The van der Waals surface area contributed by atoms with Crippen LogP contribution in [0.1, 0.15) is 269 Å². The minimum atomic E-state index is 1.25. The third-order valence-corrected chi connectivity index (χ3v) is 15.3. The second kappa shape index (κ2) is 42.7. The third-order valence-electron chi connectivity index (χ3n) is 15.3. The van der Waals surface area contributed by atoms with E-state index >= 15 is 0 Å². The summed E-state index contributed by atoms with van der Waals surface area (Å²) in [7, 11) is 5.26. The normalized spacial score (nSPS) is 13.6. The summed E-state index contributed by atoms with van der Waals surface area (Å²) in [6.07, 6.45) is 57.0. The van der Waals surface area contributed by atoms with E-state index in [0.717, 1.165) is 0 Å². The Morgan fingerprint density at radius 2 is 0.422 bits per heavy atom. The average molecular weight is 888 g/mol. The SMILES string of the molecule is CCCCCCCCCCCC[N+](C)(CCCCCCCCc1ccccc1)CCCCCCCC[N+](C)(CCCCCCCCCCCC)CCCCCCCCc1ccccc1. The lowest BCUT2D eigenvalue weighted by Gasteiger charge is -2.35. The van der Waals surface area contributed by atoms with Gasteiger partial charge in [-0.3, -0.25) is 0 Å². The first-order valence-corrected chi connectivity index (χ1v) is 29.2. The van der Waals surface area contributed by atoms with Crippen LogP contribution in [0.3, 0.4) is 0 Å². The molecule has 0 fully saturated rings. The van der Waals surface area contributed by atoms with Crippen LogP contribution in [0.5, 0.6) is 0 Å². The first-order chi connectivity index (χ1) is 31.5. The topological polar surface area (TPSA) is 0 Å². The molecule has 64 heavy (non-hydrogen) atoms. The molecule has 0 saturated heterocycles. The van der Waals surface area contributed by atoms with Gasteiger partial charge in [0, 0.05) is 0 Å². The van der Waals surface area contributed by atoms with E-state index in [2.05, 4.69) is 88.6 Å². The van der Waals surface area contributed by atoms with Crippen LogP contribution in [0.25, 0.3) is 0 Å². The smallest absolute Gasteiger partial charge is 0.0784 e. The molecule has 370 valence electrons. The zero-order chi connectivity index (χ0) is 45.8. The van der Waals surface area contributed by atoms with Gasteiger partial charge in [0.05, 0.1) is 53.4 Å². The van der Waals surface area contributed by atoms with Crippen LogP contribution >= 0.6 is 0 Å². The Morgan fingerprint density at radius 3 is 0.641 bits per heavy atom. The summed E-state index contributed by atoms with van der Waals surface area (Å²) in [5, 5.41) is 0. The van der Waals surface area contributed by atoms with Crippen molar-refractivity contribution in [2.24, 2.45) is 0 Å². The first kappa shape index (κ1) is 58.5. The Labute approximate surface area is 403 Å². The summed E-state index contributed by atoms with van der Waals surface area (Å²) in [5.74, 6) is 0. The Kier molecular flexibility index (Phi) is 39.0. The van der Waals surface area contributed by atoms with Gasteiger partial charge in [0.2, 0.25) is 0 Å². The fourth-order valence-electron chi connectivity index (χ4n) is 10.7. The molecule has 0 aromatic heterocycles. The fourth-order valence-corrected chi connectivity index (χ4v) is 10.7. The molecule has 0 radical (unpaired) electrons. The minimum Gasteiger partial charge on any atom is -0.326 e. The Morgan fingerprint density at radius 1 is 0.234 bits per heavy atom. The third kappa shape index (κ3) is 35.5. The zero-order valence-electron chi connectivity index (χ0n) is 44.2. The molecule has 0 aliphatic rings. The lowest BCUT2D eigenvalue weighted by atomic mass is 10.0. The molecular formula is C62H114N2+2. The van der Waals surface area contributed by atoms with Gasteiger partial charge in [-0.05, 0) is 114 Å². The van der Waals surface area contributed by atoms with Gasteiger partial charge in [-0.25, -0.2) is 0 Å². The molecule has 0 saturated carbocycles. The van der Waals surface area contributed by atoms with E-state index in [1.165, 1.54) is 316 Å². The van der Waals surface area contributed by atoms with Crippen molar-refractivity contribution in [2.75, 3.05) is 53.4 Å². The highest BCUT2D eigenvalue weighted by atomic mass is 15.3. The number of rotatable bonds is 49. The van der Waals surface area contributed by atoms with Crippen LogP contribution in [0, 0.1) is 0 Å². The van der Waals surface area contributed by atoms with E-state index in [1.807, 2.05) is 0 Å². The van der Waals surface area contributed by atoms with Crippen LogP contribution in [-0.2, 0) is 12.8 Å². The van der Waals surface area contributed by atoms with Crippen molar-refractivity contribution in [1.29, 1.82) is 0 Å². The van der Waals surface area contributed by atoms with Crippen LogP contribution in [0.15, 0.2) is 60.7 Å². The molecule has 2 atom stereocenters. The van der Waals surface area contributed by atoms with Crippen LogP contribution in [0.4, 0.5) is 0 Å². The van der Waals surface area contributed by atoms with Crippen molar-refractivity contribution in [1.82, 2.24) is 0 Å². The van der Waals surface area contributed by atoms with E-state index in [-0.39, 0.29) is 0 Å². The van der Waals surface area contributed by atoms with Gasteiger partial charge >= 0.3 is 0 Å². The number of nitrogens with zero attached hydrogens (tertiary/aromatic N) is 2. The summed E-state index contributed by atoms with van der Waals surface area (Å²) < 4.78 is 2.68. The van der Waals surface area contributed by atoms with Gasteiger partial charge in [-0.1, -0.05) is 229 Å². The largest absolute Gasteiger partial charge is 0.326 e. The second-order valence-corrected chi connectivity index (χ2v) is 21.8. The van der Waals surface area contributed by atoms with Crippen LogP contribution in [0.2, 0.25) is 0 Å². The van der Waals surface area contributed by atoms with Gasteiger partial charge in [-0.2, -0.15) is 0 Å². The Bertz CT molecular complexity index is 1120. The van der Waals surface area contributed by atoms with Gasteiger partial charge in [0.25, 0.3) is 0 Å².